The molecule has 1 saturated heterocycles. The summed E-state index contributed by atoms with van der Waals surface area (Å²) in [5.74, 6) is 1.26. The first-order chi connectivity index (χ1) is 12.2. The van der Waals surface area contributed by atoms with Crippen LogP contribution in [0, 0.1) is 12.8 Å². The Hall–Kier alpha value is -2.52. The van der Waals surface area contributed by atoms with Crippen LogP contribution in [-0.2, 0) is 13.2 Å². The number of hydrogen-bond donors (Lipinski definition) is 1. The van der Waals surface area contributed by atoms with E-state index in [0.29, 0.717) is 36.3 Å². The minimum atomic E-state index is -4.51. The number of alkyl halides is 3. The van der Waals surface area contributed by atoms with Gasteiger partial charge in [-0.1, -0.05) is 6.92 Å². The highest BCUT2D eigenvalue weighted by Crippen LogP contribution is 2.38. The summed E-state index contributed by atoms with van der Waals surface area (Å²) in [7, 11) is 3.20. The van der Waals surface area contributed by atoms with E-state index in [1.54, 1.807) is 18.9 Å². The number of rotatable bonds is 4. The maximum atomic E-state index is 13.4. The Kier molecular flexibility index (Phi) is 4.68. The molecule has 10 heteroatoms. The molecule has 0 radical (unpaired) electrons. The van der Waals surface area contributed by atoms with E-state index in [4.69, 9.17) is 4.74 Å². The standard InChI is InChI=1S/C16H21F3N6O/c1-9-5-6-25(8-9)13-11(16(17,18)19)7-20-15(21-13)22-14-12(26-4)10(2)23-24(14)3/h7,9H,5-6,8H2,1-4H3,(H,20,21,22)/t9-/m0/s1. The van der Waals surface area contributed by atoms with Crippen molar-refractivity contribution in [1.82, 2.24) is 19.7 Å². The zero-order valence-corrected chi connectivity index (χ0v) is 15.1. The lowest BCUT2D eigenvalue weighted by molar-refractivity contribution is -0.137. The molecule has 0 bridgehead atoms. The second kappa shape index (κ2) is 6.65. The molecule has 1 fully saturated rings. The van der Waals surface area contributed by atoms with E-state index in [0.717, 1.165) is 12.6 Å². The quantitative estimate of drug-likeness (QED) is 0.892. The highest BCUT2D eigenvalue weighted by molar-refractivity contribution is 5.62. The van der Waals surface area contributed by atoms with Crippen LogP contribution in [0.1, 0.15) is 24.6 Å². The topological polar surface area (TPSA) is 68.1 Å². The van der Waals surface area contributed by atoms with Crippen LogP contribution < -0.4 is 15.0 Å². The van der Waals surface area contributed by atoms with Crippen molar-refractivity contribution in [2.75, 3.05) is 30.4 Å². The summed E-state index contributed by atoms with van der Waals surface area (Å²) in [6.07, 6.45) is -2.86. The first-order valence-corrected chi connectivity index (χ1v) is 8.24. The summed E-state index contributed by atoms with van der Waals surface area (Å²) in [4.78, 5) is 9.67. The SMILES string of the molecule is COc1c(C)nn(C)c1Nc1ncc(C(F)(F)F)c(N2CC[C@H](C)C2)n1. The van der Waals surface area contributed by atoms with Crippen LogP contribution in [0.15, 0.2) is 6.20 Å². The van der Waals surface area contributed by atoms with Crippen molar-refractivity contribution in [1.29, 1.82) is 0 Å². The first-order valence-electron chi connectivity index (χ1n) is 8.24. The summed E-state index contributed by atoms with van der Waals surface area (Å²) in [6, 6.07) is 0. The molecule has 1 aliphatic rings. The van der Waals surface area contributed by atoms with Crippen LogP contribution in [0.3, 0.4) is 0 Å². The Morgan fingerprint density at radius 3 is 2.65 bits per heavy atom. The van der Waals surface area contributed by atoms with Gasteiger partial charge in [-0.3, -0.25) is 0 Å². The van der Waals surface area contributed by atoms with Crippen molar-refractivity contribution < 1.29 is 17.9 Å². The van der Waals surface area contributed by atoms with E-state index in [1.165, 1.54) is 11.8 Å². The molecular formula is C16H21F3N6O. The van der Waals surface area contributed by atoms with E-state index in [1.807, 2.05) is 6.92 Å². The van der Waals surface area contributed by atoms with Gasteiger partial charge in [0, 0.05) is 26.3 Å². The number of ether oxygens (including phenoxy) is 1. The zero-order valence-electron chi connectivity index (χ0n) is 15.1. The summed E-state index contributed by atoms with van der Waals surface area (Å²) in [5.41, 5.74) is -0.177. The average Bonchev–Trinajstić information content (AvgIpc) is 3.10. The largest absolute Gasteiger partial charge is 0.491 e. The number of hydrogen-bond acceptors (Lipinski definition) is 6. The molecule has 0 aromatic carbocycles. The maximum Gasteiger partial charge on any atom is 0.421 e. The maximum absolute atomic E-state index is 13.4. The third-order valence-electron chi connectivity index (χ3n) is 4.40. The minimum absolute atomic E-state index is 0.0638. The number of aromatic nitrogens is 4. The number of methoxy groups -OCH3 is 1. The Bertz CT molecular complexity index is 804. The van der Waals surface area contributed by atoms with Gasteiger partial charge < -0.3 is 15.0 Å². The van der Waals surface area contributed by atoms with Gasteiger partial charge in [0.15, 0.2) is 11.6 Å². The third kappa shape index (κ3) is 3.40. The molecule has 1 aliphatic heterocycles. The van der Waals surface area contributed by atoms with Gasteiger partial charge in [-0.05, 0) is 19.3 Å². The summed E-state index contributed by atoms with van der Waals surface area (Å²) in [6.45, 7) is 4.86. The van der Waals surface area contributed by atoms with Crippen LogP contribution >= 0.6 is 0 Å². The van der Waals surface area contributed by atoms with E-state index in [-0.39, 0.29) is 11.8 Å². The van der Waals surface area contributed by atoms with Crippen molar-refractivity contribution in [3.8, 4) is 5.75 Å². The molecule has 3 heterocycles. The molecule has 0 aliphatic carbocycles. The predicted molar refractivity (Wildman–Crippen MR) is 90.8 cm³/mol. The normalized spacial score (nSPS) is 17.7. The summed E-state index contributed by atoms with van der Waals surface area (Å²) >= 11 is 0. The number of halogens is 3. The average molecular weight is 370 g/mol. The molecule has 7 nitrogen and oxygen atoms in total. The molecule has 3 rings (SSSR count). The second-order valence-corrected chi connectivity index (χ2v) is 6.48. The molecule has 26 heavy (non-hydrogen) atoms. The van der Waals surface area contributed by atoms with Crippen LogP contribution in [-0.4, -0.2) is 39.9 Å². The molecular weight excluding hydrogens is 349 g/mol. The van der Waals surface area contributed by atoms with Crippen LogP contribution in [0.25, 0.3) is 0 Å². The highest BCUT2D eigenvalue weighted by atomic mass is 19.4. The highest BCUT2D eigenvalue weighted by Gasteiger charge is 2.38. The molecule has 0 saturated carbocycles. The summed E-state index contributed by atoms with van der Waals surface area (Å²) in [5, 5.41) is 7.15. The lowest BCUT2D eigenvalue weighted by atomic mass is 10.2. The number of anilines is 3. The molecule has 142 valence electrons. The predicted octanol–water partition coefficient (Wildman–Crippen LogP) is 3.14. The van der Waals surface area contributed by atoms with Gasteiger partial charge >= 0.3 is 6.18 Å². The first kappa shape index (κ1) is 18.3. The molecule has 1 N–H and O–H groups in total. The van der Waals surface area contributed by atoms with E-state index < -0.39 is 11.7 Å². The molecule has 2 aromatic rings. The second-order valence-electron chi connectivity index (χ2n) is 6.48. The Morgan fingerprint density at radius 1 is 1.35 bits per heavy atom. The minimum Gasteiger partial charge on any atom is -0.491 e. The fourth-order valence-corrected chi connectivity index (χ4v) is 3.13. The fourth-order valence-electron chi connectivity index (χ4n) is 3.13. The van der Waals surface area contributed by atoms with E-state index in [2.05, 4.69) is 20.4 Å². The zero-order chi connectivity index (χ0) is 19.1. The number of aryl methyl sites for hydroxylation is 2. The Labute approximate surface area is 149 Å². The Morgan fingerprint density at radius 2 is 2.08 bits per heavy atom. The van der Waals surface area contributed by atoms with Gasteiger partial charge in [0.1, 0.15) is 17.1 Å². The molecule has 0 unspecified atom stereocenters. The number of nitrogens with zero attached hydrogens (tertiary/aromatic N) is 5. The van der Waals surface area contributed by atoms with Crippen molar-refractivity contribution in [3.05, 3.63) is 17.5 Å². The van der Waals surface area contributed by atoms with Crippen molar-refractivity contribution in [2.45, 2.75) is 26.4 Å². The fraction of sp³-hybridized carbons (Fsp3) is 0.562. The van der Waals surface area contributed by atoms with Crippen molar-refractivity contribution in [3.63, 3.8) is 0 Å². The van der Waals surface area contributed by atoms with Gasteiger partial charge in [0.25, 0.3) is 0 Å². The van der Waals surface area contributed by atoms with Gasteiger partial charge in [-0.25, -0.2) is 9.67 Å². The van der Waals surface area contributed by atoms with Crippen molar-refractivity contribution in [2.24, 2.45) is 13.0 Å². The van der Waals surface area contributed by atoms with Gasteiger partial charge in [0.05, 0.1) is 7.11 Å². The molecule has 1 atom stereocenters. The van der Waals surface area contributed by atoms with Gasteiger partial charge in [-0.2, -0.15) is 23.3 Å². The number of nitrogens with one attached hydrogen (secondary N) is 1. The molecule has 2 aromatic heterocycles. The van der Waals surface area contributed by atoms with E-state index >= 15 is 0 Å². The van der Waals surface area contributed by atoms with Crippen LogP contribution in [0.4, 0.5) is 30.8 Å². The van der Waals surface area contributed by atoms with E-state index in [9.17, 15) is 13.2 Å². The lowest BCUT2D eigenvalue weighted by Crippen LogP contribution is -2.25. The van der Waals surface area contributed by atoms with Crippen LogP contribution in [0.2, 0.25) is 0 Å². The Balaban J connectivity index is 1.99. The summed E-state index contributed by atoms with van der Waals surface area (Å²) < 4.78 is 47.0. The van der Waals surface area contributed by atoms with Gasteiger partial charge in [0.2, 0.25) is 5.95 Å². The molecule has 0 spiro atoms. The third-order valence-corrected chi connectivity index (χ3v) is 4.40. The van der Waals surface area contributed by atoms with Gasteiger partial charge in [-0.15, -0.1) is 0 Å². The molecule has 0 amide bonds. The van der Waals surface area contributed by atoms with Crippen LogP contribution in [0.5, 0.6) is 5.75 Å². The van der Waals surface area contributed by atoms with Crippen molar-refractivity contribution >= 4 is 17.6 Å². The monoisotopic (exact) mass is 370 g/mol. The lowest BCUT2D eigenvalue weighted by Gasteiger charge is -2.22. The smallest absolute Gasteiger partial charge is 0.421 e.